The van der Waals surface area contributed by atoms with Crippen molar-refractivity contribution in [1.82, 2.24) is 9.88 Å². The average Bonchev–Trinajstić information content (AvgIpc) is 2.63. The van der Waals surface area contributed by atoms with Gasteiger partial charge in [0.25, 0.3) is 5.91 Å². The molecule has 2 aromatic rings. The van der Waals surface area contributed by atoms with Crippen molar-refractivity contribution in [1.29, 1.82) is 0 Å². The van der Waals surface area contributed by atoms with E-state index in [0.717, 1.165) is 5.56 Å². The van der Waals surface area contributed by atoms with E-state index in [-0.39, 0.29) is 24.7 Å². The number of amides is 1. The Kier molecular flexibility index (Phi) is 4.67. The van der Waals surface area contributed by atoms with E-state index in [2.05, 4.69) is 4.98 Å². The molecule has 0 spiro atoms. The van der Waals surface area contributed by atoms with Gasteiger partial charge < -0.3 is 14.4 Å². The van der Waals surface area contributed by atoms with Gasteiger partial charge >= 0.3 is 0 Å². The lowest BCUT2D eigenvalue weighted by Gasteiger charge is -2.39. The predicted octanol–water partition coefficient (Wildman–Crippen LogP) is 1.87. The highest BCUT2D eigenvalue weighted by Crippen LogP contribution is 2.24. The van der Waals surface area contributed by atoms with Crippen LogP contribution in [-0.4, -0.2) is 47.9 Å². The highest BCUT2D eigenvalue weighted by atomic mass is 16.5. The third kappa shape index (κ3) is 3.60. The number of fused-ring (bicyclic) bond motifs is 1. The van der Waals surface area contributed by atoms with Crippen LogP contribution in [-0.2, 0) is 22.6 Å². The molecule has 1 saturated heterocycles. The molecule has 1 aromatic heterocycles. The zero-order valence-corrected chi connectivity index (χ0v) is 14.4. The first-order valence-corrected chi connectivity index (χ1v) is 8.73. The minimum atomic E-state index is -0.0577. The molecule has 0 radical (unpaired) electrons. The SMILES string of the molecule is O=C1COc2ncc(C(=O)N3CC(COCc4ccccc4)C3)cc2C1. The van der Waals surface area contributed by atoms with Gasteiger partial charge in [0.05, 0.1) is 18.8 Å². The topological polar surface area (TPSA) is 68.7 Å². The summed E-state index contributed by atoms with van der Waals surface area (Å²) in [5.41, 5.74) is 2.35. The van der Waals surface area contributed by atoms with Gasteiger partial charge in [-0.1, -0.05) is 30.3 Å². The summed E-state index contributed by atoms with van der Waals surface area (Å²) < 4.78 is 11.0. The maximum absolute atomic E-state index is 12.6. The van der Waals surface area contributed by atoms with E-state index in [1.54, 1.807) is 11.0 Å². The van der Waals surface area contributed by atoms with Crippen molar-refractivity contribution >= 4 is 11.7 Å². The number of pyridine rings is 1. The number of Topliss-reactive ketones (excluding diaryl/α,β-unsaturated/α-hetero) is 1. The second-order valence-electron chi connectivity index (χ2n) is 6.77. The molecule has 1 fully saturated rings. The van der Waals surface area contributed by atoms with E-state index in [1.165, 1.54) is 6.20 Å². The van der Waals surface area contributed by atoms with Gasteiger partial charge in [0.15, 0.2) is 5.78 Å². The second kappa shape index (κ2) is 7.25. The average molecular weight is 352 g/mol. The number of ether oxygens (including phenoxy) is 2. The van der Waals surface area contributed by atoms with Crippen molar-refractivity contribution < 1.29 is 19.1 Å². The van der Waals surface area contributed by atoms with Gasteiger partial charge in [-0.3, -0.25) is 9.59 Å². The van der Waals surface area contributed by atoms with E-state index >= 15 is 0 Å². The molecule has 2 aliphatic rings. The van der Waals surface area contributed by atoms with Crippen LogP contribution < -0.4 is 4.74 Å². The molecule has 0 aliphatic carbocycles. The quantitative estimate of drug-likeness (QED) is 0.822. The van der Waals surface area contributed by atoms with Crippen LogP contribution in [0.5, 0.6) is 5.88 Å². The molecule has 0 bridgehead atoms. The first kappa shape index (κ1) is 16.7. The standard InChI is InChI=1S/C20H20N2O4/c23-18-7-16-6-17(8-21-19(16)26-13-18)20(24)22-9-15(10-22)12-25-11-14-4-2-1-3-5-14/h1-6,8,15H,7,9-13H2. The molecular formula is C20H20N2O4. The summed E-state index contributed by atoms with van der Waals surface area (Å²) in [6.07, 6.45) is 1.80. The van der Waals surface area contributed by atoms with Crippen LogP contribution in [0.4, 0.5) is 0 Å². The van der Waals surface area contributed by atoms with Gasteiger partial charge in [-0.15, -0.1) is 0 Å². The summed E-state index contributed by atoms with van der Waals surface area (Å²) in [7, 11) is 0. The van der Waals surface area contributed by atoms with E-state index in [4.69, 9.17) is 9.47 Å². The predicted molar refractivity (Wildman–Crippen MR) is 93.9 cm³/mol. The van der Waals surface area contributed by atoms with Crippen LogP contribution in [0.15, 0.2) is 42.6 Å². The van der Waals surface area contributed by atoms with Crippen molar-refractivity contribution in [2.75, 3.05) is 26.3 Å². The highest BCUT2D eigenvalue weighted by Gasteiger charge is 2.32. The van der Waals surface area contributed by atoms with Crippen molar-refractivity contribution in [2.24, 2.45) is 5.92 Å². The fourth-order valence-corrected chi connectivity index (χ4v) is 3.23. The molecule has 1 aromatic carbocycles. The molecule has 6 heteroatoms. The minimum Gasteiger partial charge on any atom is -0.469 e. The lowest BCUT2D eigenvalue weighted by molar-refractivity contribution is -0.121. The molecule has 0 saturated carbocycles. The van der Waals surface area contributed by atoms with E-state index in [9.17, 15) is 9.59 Å². The van der Waals surface area contributed by atoms with Crippen LogP contribution in [0.25, 0.3) is 0 Å². The van der Waals surface area contributed by atoms with E-state index in [0.29, 0.717) is 49.2 Å². The van der Waals surface area contributed by atoms with Gasteiger partial charge in [0.2, 0.25) is 5.88 Å². The lowest BCUT2D eigenvalue weighted by Crippen LogP contribution is -2.51. The fraction of sp³-hybridized carbons (Fsp3) is 0.350. The van der Waals surface area contributed by atoms with Crippen LogP contribution in [0, 0.1) is 5.92 Å². The van der Waals surface area contributed by atoms with Crippen LogP contribution in [0.2, 0.25) is 0 Å². The van der Waals surface area contributed by atoms with Crippen molar-refractivity contribution in [3.8, 4) is 5.88 Å². The number of ketones is 1. The monoisotopic (exact) mass is 352 g/mol. The molecule has 0 N–H and O–H groups in total. The first-order valence-electron chi connectivity index (χ1n) is 8.73. The molecule has 134 valence electrons. The summed E-state index contributed by atoms with van der Waals surface area (Å²) in [6, 6.07) is 11.8. The summed E-state index contributed by atoms with van der Waals surface area (Å²) in [4.78, 5) is 30.0. The molecule has 26 heavy (non-hydrogen) atoms. The Bertz CT molecular complexity index is 816. The smallest absolute Gasteiger partial charge is 0.255 e. The number of hydrogen-bond acceptors (Lipinski definition) is 5. The van der Waals surface area contributed by atoms with Crippen LogP contribution >= 0.6 is 0 Å². The van der Waals surface area contributed by atoms with Gasteiger partial charge in [-0.2, -0.15) is 0 Å². The molecule has 2 aliphatic heterocycles. The number of benzene rings is 1. The Morgan fingerprint density at radius 2 is 2.08 bits per heavy atom. The summed E-state index contributed by atoms with van der Waals surface area (Å²) in [5.74, 6) is 0.760. The number of nitrogens with zero attached hydrogens (tertiary/aromatic N) is 2. The third-order valence-corrected chi connectivity index (χ3v) is 4.64. The molecule has 0 unspecified atom stereocenters. The highest BCUT2D eigenvalue weighted by molar-refractivity contribution is 5.95. The van der Waals surface area contributed by atoms with Gasteiger partial charge in [-0.25, -0.2) is 4.98 Å². The number of carbonyl (C=O) groups is 2. The summed E-state index contributed by atoms with van der Waals surface area (Å²) in [6.45, 7) is 2.65. The molecule has 6 nitrogen and oxygen atoms in total. The molecular weight excluding hydrogens is 332 g/mol. The summed E-state index contributed by atoms with van der Waals surface area (Å²) >= 11 is 0. The van der Waals surface area contributed by atoms with Crippen molar-refractivity contribution in [3.63, 3.8) is 0 Å². The third-order valence-electron chi connectivity index (χ3n) is 4.64. The molecule has 1 amide bonds. The summed E-state index contributed by atoms with van der Waals surface area (Å²) in [5, 5.41) is 0. The molecule has 0 atom stereocenters. The minimum absolute atomic E-state index is 0.00322. The number of carbonyl (C=O) groups excluding carboxylic acids is 2. The zero-order chi connectivity index (χ0) is 17.9. The largest absolute Gasteiger partial charge is 0.469 e. The Morgan fingerprint density at radius 3 is 2.88 bits per heavy atom. The van der Waals surface area contributed by atoms with Crippen LogP contribution in [0.3, 0.4) is 0 Å². The Labute approximate surface area is 151 Å². The maximum Gasteiger partial charge on any atom is 0.255 e. The second-order valence-corrected chi connectivity index (χ2v) is 6.77. The lowest BCUT2D eigenvalue weighted by atomic mass is 9.99. The Morgan fingerprint density at radius 1 is 1.27 bits per heavy atom. The zero-order valence-electron chi connectivity index (χ0n) is 14.4. The van der Waals surface area contributed by atoms with Crippen molar-refractivity contribution in [2.45, 2.75) is 13.0 Å². The maximum atomic E-state index is 12.6. The van der Waals surface area contributed by atoms with Crippen LogP contribution in [0.1, 0.15) is 21.5 Å². The van der Waals surface area contributed by atoms with Gasteiger partial charge in [-0.05, 0) is 11.6 Å². The number of likely N-dealkylation sites (tertiary alicyclic amines) is 1. The number of hydrogen-bond donors (Lipinski definition) is 0. The Balaban J connectivity index is 1.27. The van der Waals surface area contributed by atoms with Crippen molar-refractivity contribution in [3.05, 3.63) is 59.3 Å². The molecule has 3 heterocycles. The van der Waals surface area contributed by atoms with Gasteiger partial charge in [0.1, 0.15) is 6.61 Å². The number of rotatable bonds is 5. The van der Waals surface area contributed by atoms with Gasteiger partial charge in [0, 0.05) is 37.2 Å². The fourth-order valence-electron chi connectivity index (χ4n) is 3.23. The Hall–Kier alpha value is -2.73. The molecule has 4 rings (SSSR count). The number of aromatic nitrogens is 1. The first-order chi connectivity index (χ1) is 12.7. The van der Waals surface area contributed by atoms with E-state index in [1.807, 2.05) is 30.3 Å². The normalized spacial score (nSPS) is 16.6. The van der Waals surface area contributed by atoms with E-state index < -0.39 is 0 Å².